The molecule has 2 rings (SSSR count). The van der Waals surface area contributed by atoms with E-state index in [1.54, 1.807) is 49.6 Å². The van der Waals surface area contributed by atoms with Crippen molar-refractivity contribution in [1.82, 2.24) is 0 Å². The van der Waals surface area contributed by atoms with Crippen molar-refractivity contribution in [1.29, 1.82) is 0 Å². The van der Waals surface area contributed by atoms with Crippen molar-refractivity contribution in [3.8, 4) is 0 Å². The van der Waals surface area contributed by atoms with E-state index >= 15 is 0 Å². The first-order valence-electron chi connectivity index (χ1n) is 6.33. The lowest BCUT2D eigenvalue weighted by atomic mass is 10.2. The molecular weight excluding hydrogens is 306 g/mol. The zero-order valence-corrected chi connectivity index (χ0v) is 13.7. The van der Waals surface area contributed by atoms with Crippen molar-refractivity contribution in [2.75, 3.05) is 11.0 Å². The number of nitrogens with one attached hydrogen (secondary N) is 1. The van der Waals surface area contributed by atoms with Crippen LogP contribution in [-0.4, -0.2) is 18.9 Å². The van der Waals surface area contributed by atoms with Crippen molar-refractivity contribution in [3.63, 3.8) is 0 Å². The summed E-state index contributed by atoms with van der Waals surface area (Å²) in [5, 5.41) is 0. The van der Waals surface area contributed by atoms with Crippen molar-refractivity contribution in [2.24, 2.45) is 0 Å². The molecule has 2 aromatic carbocycles. The monoisotopic (exact) mass is 323 g/mol. The Balaban J connectivity index is 2.40. The summed E-state index contributed by atoms with van der Waals surface area (Å²) in [5.74, 6) is 0. The molecule has 2 aromatic rings. The molecule has 0 heterocycles. The van der Waals surface area contributed by atoms with Crippen LogP contribution >= 0.6 is 0 Å². The van der Waals surface area contributed by atoms with Crippen molar-refractivity contribution in [2.45, 2.75) is 23.6 Å². The van der Waals surface area contributed by atoms with E-state index in [2.05, 4.69) is 4.72 Å². The predicted octanol–water partition coefficient (Wildman–Crippen LogP) is 2.84. The summed E-state index contributed by atoms with van der Waals surface area (Å²) < 4.78 is 38.9. The summed E-state index contributed by atoms with van der Waals surface area (Å²) >= 11 is 0. The Hall–Kier alpha value is -1.66. The molecule has 0 amide bonds. The number of benzene rings is 2. The Morgan fingerprint density at radius 3 is 2.43 bits per heavy atom. The van der Waals surface area contributed by atoms with E-state index in [1.807, 2.05) is 13.0 Å². The van der Waals surface area contributed by atoms with Crippen LogP contribution in [0.1, 0.15) is 11.1 Å². The van der Waals surface area contributed by atoms with Gasteiger partial charge in [0, 0.05) is 22.0 Å². The Morgan fingerprint density at radius 1 is 1.05 bits per heavy atom. The van der Waals surface area contributed by atoms with E-state index in [1.165, 1.54) is 0 Å². The Bertz CT molecular complexity index is 798. The number of sulfonamides is 1. The molecule has 0 aliphatic carbocycles. The summed E-state index contributed by atoms with van der Waals surface area (Å²) in [7, 11) is -4.81. The van der Waals surface area contributed by atoms with Gasteiger partial charge in [0.2, 0.25) is 0 Å². The third kappa shape index (κ3) is 3.71. The van der Waals surface area contributed by atoms with Crippen LogP contribution in [0.15, 0.2) is 52.3 Å². The van der Waals surface area contributed by atoms with Gasteiger partial charge in [-0.05, 0) is 49.2 Å². The number of aryl methyl sites for hydroxylation is 2. The van der Waals surface area contributed by atoms with Crippen LogP contribution in [0.4, 0.5) is 5.69 Å². The summed E-state index contributed by atoms with van der Waals surface area (Å²) in [6, 6.07) is 11.9. The molecule has 6 heteroatoms. The lowest BCUT2D eigenvalue weighted by molar-refractivity contribution is 0.600. The zero-order valence-electron chi connectivity index (χ0n) is 12.1. The van der Waals surface area contributed by atoms with Crippen molar-refractivity contribution < 1.29 is 12.6 Å². The maximum Gasteiger partial charge on any atom is 0.262 e. The van der Waals surface area contributed by atoms with Gasteiger partial charge in [-0.15, -0.1) is 0 Å². The Kier molecular flexibility index (Phi) is 4.49. The van der Waals surface area contributed by atoms with Gasteiger partial charge in [-0.1, -0.05) is 18.2 Å². The molecule has 0 fully saturated rings. The van der Waals surface area contributed by atoms with E-state index < -0.39 is 20.8 Å². The van der Waals surface area contributed by atoms with Crippen LogP contribution in [0.2, 0.25) is 0 Å². The number of rotatable bonds is 4. The fraction of sp³-hybridized carbons (Fsp3) is 0.200. The fourth-order valence-corrected chi connectivity index (χ4v) is 3.89. The van der Waals surface area contributed by atoms with Crippen LogP contribution in [0.3, 0.4) is 0 Å². The van der Waals surface area contributed by atoms with Gasteiger partial charge in [-0.2, -0.15) is 0 Å². The molecule has 21 heavy (non-hydrogen) atoms. The minimum Gasteiger partial charge on any atom is -0.280 e. The first kappa shape index (κ1) is 15.7. The third-order valence-electron chi connectivity index (χ3n) is 3.05. The van der Waals surface area contributed by atoms with E-state index in [0.29, 0.717) is 16.1 Å². The smallest absolute Gasteiger partial charge is 0.262 e. The minimum atomic E-state index is -3.66. The molecule has 0 saturated carbocycles. The maximum atomic E-state index is 12.5. The molecule has 4 nitrogen and oxygen atoms in total. The second-order valence-electron chi connectivity index (χ2n) is 4.86. The van der Waals surface area contributed by atoms with Gasteiger partial charge in [0.15, 0.2) is 0 Å². The van der Waals surface area contributed by atoms with E-state index in [4.69, 9.17) is 0 Å². The lowest BCUT2D eigenvalue weighted by Crippen LogP contribution is -2.14. The second-order valence-corrected chi connectivity index (χ2v) is 7.89. The number of anilines is 1. The molecular formula is C15H17NO3S2. The highest BCUT2D eigenvalue weighted by atomic mass is 32.2. The molecule has 0 radical (unpaired) electrons. The molecule has 0 aliphatic rings. The van der Waals surface area contributed by atoms with E-state index in [9.17, 15) is 12.6 Å². The van der Waals surface area contributed by atoms with Crippen LogP contribution in [0, 0.1) is 13.8 Å². The highest BCUT2D eigenvalue weighted by Crippen LogP contribution is 2.21. The molecule has 112 valence electrons. The number of hydrogen-bond acceptors (Lipinski definition) is 3. The number of hydrogen-bond donors (Lipinski definition) is 1. The SMILES string of the molecule is Cc1ccc(C)c(S(=O)(=O)Nc2cccc(S(C)=O)c2)c1. The van der Waals surface area contributed by atoms with E-state index in [-0.39, 0.29) is 4.90 Å². The molecule has 1 N–H and O–H groups in total. The largest absolute Gasteiger partial charge is 0.280 e. The molecule has 1 unspecified atom stereocenters. The Labute approximate surface area is 127 Å². The average Bonchev–Trinajstić information content (AvgIpc) is 2.41. The standard InChI is InChI=1S/C15H17NO3S2/c1-11-7-8-12(2)15(9-11)21(18,19)16-13-5-4-6-14(10-13)20(3)17/h4-10,16H,1-3H3. The summed E-state index contributed by atoms with van der Waals surface area (Å²) in [6.07, 6.45) is 1.55. The molecule has 0 bridgehead atoms. The summed E-state index contributed by atoms with van der Waals surface area (Å²) in [4.78, 5) is 0.835. The van der Waals surface area contributed by atoms with Gasteiger partial charge >= 0.3 is 0 Å². The zero-order chi connectivity index (χ0) is 15.6. The topological polar surface area (TPSA) is 63.2 Å². The normalized spacial score (nSPS) is 12.9. The quantitative estimate of drug-likeness (QED) is 0.941. The third-order valence-corrected chi connectivity index (χ3v) is 5.49. The minimum absolute atomic E-state index is 0.255. The van der Waals surface area contributed by atoms with Crippen LogP contribution in [0.25, 0.3) is 0 Å². The van der Waals surface area contributed by atoms with Gasteiger partial charge in [0.05, 0.1) is 10.6 Å². The van der Waals surface area contributed by atoms with Crippen molar-refractivity contribution >= 4 is 26.5 Å². The van der Waals surface area contributed by atoms with Gasteiger partial charge in [0.1, 0.15) is 0 Å². The van der Waals surface area contributed by atoms with Crippen LogP contribution in [-0.2, 0) is 20.8 Å². The summed E-state index contributed by atoms with van der Waals surface area (Å²) in [5.41, 5.74) is 1.97. The molecule has 0 aromatic heterocycles. The summed E-state index contributed by atoms with van der Waals surface area (Å²) in [6.45, 7) is 3.60. The van der Waals surface area contributed by atoms with Gasteiger partial charge in [0.25, 0.3) is 10.0 Å². The molecule has 0 aliphatic heterocycles. The van der Waals surface area contributed by atoms with Gasteiger partial charge in [-0.25, -0.2) is 8.42 Å². The molecule has 0 saturated heterocycles. The molecule has 1 atom stereocenters. The fourth-order valence-electron chi connectivity index (χ4n) is 1.95. The lowest BCUT2D eigenvalue weighted by Gasteiger charge is -2.11. The average molecular weight is 323 g/mol. The predicted molar refractivity (Wildman–Crippen MR) is 85.5 cm³/mol. The molecule has 0 spiro atoms. The van der Waals surface area contributed by atoms with Crippen LogP contribution < -0.4 is 4.72 Å². The van der Waals surface area contributed by atoms with Crippen molar-refractivity contribution in [3.05, 3.63) is 53.6 Å². The Morgan fingerprint density at radius 2 is 1.76 bits per heavy atom. The second kappa shape index (κ2) is 5.99. The van der Waals surface area contributed by atoms with Gasteiger partial charge < -0.3 is 0 Å². The highest BCUT2D eigenvalue weighted by molar-refractivity contribution is 7.92. The first-order valence-corrected chi connectivity index (χ1v) is 9.37. The maximum absolute atomic E-state index is 12.5. The highest BCUT2D eigenvalue weighted by Gasteiger charge is 2.17. The van der Waals surface area contributed by atoms with E-state index in [0.717, 1.165) is 5.56 Å². The first-order chi connectivity index (χ1) is 9.79. The van der Waals surface area contributed by atoms with Gasteiger partial charge in [-0.3, -0.25) is 8.93 Å². The van der Waals surface area contributed by atoms with Crippen LogP contribution in [0.5, 0.6) is 0 Å².